The number of carbonyl (C=O) groups excluding carboxylic acids is 4. The second-order valence-electron chi connectivity index (χ2n) is 8.47. The summed E-state index contributed by atoms with van der Waals surface area (Å²) in [7, 11) is 0. The molecule has 0 spiro atoms. The first-order chi connectivity index (χ1) is 17.5. The molecule has 0 saturated heterocycles. The van der Waals surface area contributed by atoms with Gasteiger partial charge in [-0.1, -0.05) is 12.1 Å². The maximum atomic E-state index is 13.0. The summed E-state index contributed by atoms with van der Waals surface area (Å²) in [5.41, 5.74) is 17.3. The number of aliphatic carboxylic acids is 1. The average Bonchev–Trinajstić information content (AvgIpc) is 2.85. The van der Waals surface area contributed by atoms with E-state index in [1.54, 1.807) is 12.1 Å². The highest BCUT2D eigenvalue weighted by Crippen LogP contribution is 2.11. The summed E-state index contributed by atoms with van der Waals surface area (Å²) in [4.78, 5) is 60.7. The molecule has 11 N–H and O–H groups in total. The Bertz CT molecular complexity index is 931. The molecule has 0 saturated carbocycles. The molecule has 4 unspecified atom stereocenters. The topological polar surface area (TPSA) is 240 Å². The fourth-order valence-electron chi connectivity index (χ4n) is 3.30. The SMILES string of the molecule is NCCCCC(NC(=O)C(N)Cc1ccc(O)cc1)C(=O)NC(CS)C(=O)NC(CCC(N)=O)C(=O)O. The Hall–Kier alpha value is -3.36. The van der Waals surface area contributed by atoms with E-state index in [2.05, 4.69) is 28.6 Å². The van der Waals surface area contributed by atoms with Crippen LogP contribution in [0.25, 0.3) is 0 Å². The van der Waals surface area contributed by atoms with Crippen LogP contribution in [0, 0.1) is 0 Å². The Kier molecular flexibility index (Phi) is 14.0. The smallest absolute Gasteiger partial charge is 0.326 e. The zero-order chi connectivity index (χ0) is 28.0. The van der Waals surface area contributed by atoms with Crippen LogP contribution >= 0.6 is 12.6 Å². The zero-order valence-corrected chi connectivity index (χ0v) is 21.3. The molecule has 0 heterocycles. The molecule has 4 atom stereocenters. The predicted octanol–water partition coefficient (Wildman–Crippen LogP) is -1.87. The van der Waals surface area contributed by atoms with Gasteiger partial charge in [0.15, 0.2) is 0 Å². The van der Waals surface area contributed by atoms with Crippen molar-refractivity contribution in [3.8, 4) is 5.75 Å². The largest absolute Gasteiger partial charge is 0.508 e. The Morgan fingerprint density at radius 2 is 1.43 bits per heavy atom. The molecule has 1 aromatic carbocycles. The van der Waals surface area contributed by atoms with Crippen molar-refractivity contribution < 1.29 is 34.2 Å². The third kappa shape index (κ3) is 11.9. The average molecular weight is 541 g/mol. The van der Waals surface area contributed by atoms with Crippen molar-refractivity contribution in [2.75, 3.05) is 12.3 Å². The maximum absolute atomic E-state index is 13.0. The summed E-state index contributed by atoms with van der Waals surface area (Å²) in [5, 5.41) is 26.0. The Balaban J connectivity index is 2.85. The number of hydrogen-bond donors (Lipinski definition) is 9. The summed E-state index contributed by atoms with van der Waals surface area (Å²) in [6, 6.07) is 1.55. The summed E-state index contributed by atoms with van der Waals surface area (Å²) in [6.45, 7) is 0.381. The van der Waals surface area contributed by atoms with Gasteiger partial charge in [-0.15, -0.1) is 0 Å². The van der Waals surface area contributed by atoms with Gasteiger partial charge in [-0.05, 0) is 56.3 Å². The number of phenols is 1. The monoisotopic (exact) mass is 540 g/mol. The summed E-state index contributed by atoms with van der Waals surface area (Å²) in [5.74, 6) is -4.28. The third-order valence-electron chi connectivity index (χ3n) is 5.42. The number of carboxylic acid groups (broad SMARTS) is 1. The van der Waals surface area contributed by atoms with Crippen LogP contribution in [0.15, 0.2) is 24.3 Å². The van der Waals surface area contributed by atoms with E-state index >= 15 is 0 Å². The molecule has 0 aromatic heterocycles. The van der Waals surface area contributed by atoms with E-state index in [4.69, 9.17) is 17.2 Å². The summed E-state index contributed by atoms with van der Waals surface area (Å²) >= 11 is 4.07. The van der Waals surface area contributed by atoms with Gasteiger partial charge in [-0.2, -0.15) is 12.6 Å². The van der Waals surface area contributed by atoms with E-state index in [9.17, 15) is 34.2 Å². The van der Waals surface area contributed by atoms with Crippen LogP contribution < -0.4 is 33.2 Å². The third-order valence-corrected chi connectivity index (χ3v) is 5.78. The van der Waals surface area contributed by atoms with Gasteiger partial charge in [0.05, 0.1) is 6.04 Å². The van der Waals surface area contributed by atoms with Crippen molar-refractivity contribution in [3.63, 3.8) is 0 Å². The van der Waals surface area contributed by atoms with Crippen LogP contribution in [0.2, 0.25) is 0 Å². The van der Waals surface area contributed by atoms with Crippen LogP contribution in [0.4, 0.5) is 0 Å². The molecule has 0 aliphatic heterocycles. The van der Waals surface area contributed by atoms with Crippen molar-refractivity contribution in [2.24, 2.45) is 17.2 Å². The van der Waals surface area contributed by atoms with Gasteiger partial charge in [0.2, 0.25) is 23.6 Å². The fourth-order valence-corrected chi connectivity index (χ4v) is 3.56. The molecule has 0 fully saturated rings. The van der Waals surface area contributed by atoms with Crippen molar-refractivity contribution in [3.05, 3.63) is 29.8 Å². The van der Waals surface area contributed by atoms with Gasteiger partial charge in [0, 0.05) is 12.2 Å². The van der Waals surface area contributed by atoms with Crippen molar-refractivity contribution in [1.29, 1.82) is 0 Å². The highest BCUT2D eigenvalue weighted by Gasteiger charge is 2.29. The normalized spacial score (nSPS) is 14.0. The second-order valence-corrected chi connectivity index (χ2v) is 8.84. The van der Waals surface area contributed by atoms with Gasteiger partial charge in [0.1, 0.15) is 23.9 Å². The van der Waals surface area contributed by atoms with Gasteiger partial charge in [-0.25, -0.2) is 4.79 Å². The molecule has 206 valence electrons. The van der Waals surface area contributed by atoms with Crippen LogP contribution in [0.5, 0.6) is 5.75 Å². The van der Waals surface area contributed by atoms with Gasteiger partial charge in [0.25, 0.3) is 0 Å². The van der Waals surface area contributed by atoms with Crippen molar-refractivity contribution in [1.82, 2.24) is 16.0 Å². The number of nitrogens with one attached hydrogen (secondary N) is 3. The van der Waals surface area contributed by atoms with E-state index in [-0.39, 0.29) is 37.2 Å². The standard InChI is InChI=1S/C23H36N6O7S/c24-10-2-1-3-16(27-20(32)15(25)11-13-4-6-14(30)7-5-13)21(33)29-18(12-37)22(34)28-17(23(35)36)8-9-19(26)31/h4-7,15-18,30,37H,1-3,8-12,24-25H2,(H2,26,31)(H,27,32)(H,28,34)(H,29,33)(H,35,36). The van der Waals surface area contributed by atoms with E-state index < -0.39 is 53.8 Å². The molecule has 14 heteroatoms. The molecule has 0 bridgehead atoms. The lowest BCUT2D eigenvalue weighted by molar-refractivity contribution is -0.142. The minimum Gasteiger partial charge on any atom is -0.508 e. The van der Waals surface area contributed by atoms with Crippen LogP contribution in [-0.4, -0.2) is 76.3 Å². The molecular formula is C23H36N6O7S. The summed E-state index contributed by atoms with van der Waals surface area (Å²) < 4.78 is 0. The van der Waals surface area contributed by atoms with Crippen LogP contribution in [0.3, 0.4) is 0 Å². The number of primary amides is 1. The van der Waals surface area contributed by atoms with Crippen molar-refractivity contribution >= 4 is 42.2 Å². The molecule has 1 aromatic rings. The minimum absolute atomic E-state index is 0.0729. The lowest BCUT2D eigenvalue weighted by Crippen LogP contribution is -2.57. The Morgan fingerprint density at radius 1 is 0.865 bits per heavy atom. The number of hydrogen-bond acceptors (Lipinski definition) is 9. The molecule has 4 amide bonds. The van der Waals surface area contributed by atoms with Crippen LogP contribution in [-0.2, 0) is 30.4 Å². The van der Waals surface area contributed by atoms with E-state index in [0.29, 0.717) is 24.9 Å². The minimum atomic E-state index is -1.39. The molecule has 0 aliphatic rings. The van der Waals surface area contributed by atoms with E-state index in [1.165, 1.54) is 12.1 Å². The molecule has 13 nitrogen and oxygen atoms in total. The fraction of sp³-hybridized carbons (Fsp3) is 0.522. The van der Waals surface area contributed by atoms with Crippen LogP contribution in [0.1, 0.15) is 37.7 Å². The first kappa shape index (κ1) is 31.7. The zero-order valence-electron chi connectivity index (χ0n) is 20.4. The Labute approximate surface area is 220 Å². The van der Waals surface area contributed by atoms with Gasteiger partial charge in [-0.3, -0.25) is 19.2 Å². The number of carbonyl (C=O) groups is 5. The highest BCUT2D eigenvalue weighted by molar-refractivity contribution is 7.80. The molecule has 0 aliphatic carbocycles. The first-order valence-corrected chi connectivity index (χ1v) is 12.4. The lowest BCUT2D eigenvalue weighted by atomic mass is 10.0. The lowest BCUT2D eigenvalue weighted by Gasteiger charge is -2.24. The number of aromatic hydroxyl groups is 1. The number of unbranched alkanes of at least 4 members (excludes halogenated alkanes) is 1. The summed E-state index contributed by atoms with van der Waals surface area (Å²) in [6.07, 6.45) is 1.00. The quantitative estimate of drug-likeness (QED) is 0.0792. The number of rotatable bonds is 17. The number of benzene rings is 1. The number of nitrogens with two attached hydrogens (primary N) is 3. The number of phenolic OH excluding ortho intramolecular Hbond substituents is 1. The van der Waals surface area contributed by atoms with Crippen molar-refractivity contribution in [2.45, 2.75) is 62.7 Å². The van der Waals surface area contributed by atoms with E-state index in [0.717, 1.165) is 0 Å². The predicted molar refractivity (Wildman–Crippen MR) is 138 cm³/mol. The highest BCUT2D eigenvalue weighted by atomic mass is 32.1. The van der Waals surface area contributed by atoms with E-state index in [1.807, 2.05) is 0 Å². The van der Waals surface area contributed by atoms with Gasteiger partial charge < -0.3 is 43.4 Å². The molecule has 1 rings (SSSR count). The Morgan fingerprint density at radius 3 is 1.97 bits per heavy atom. The number of amides is 4. The molecule has 0 radical (unpaired) electrons. The maximum Gasteiger partial charge on any atom is 0.326 e. The number of carboxylic acids is 1. The molecule has 37 heavy (non-hydrogen) atoms. The molecular weight excluding hydrogens is 504 g/mol. The van der Waals surface area contributed by atoms with Gasteiger partial charge >= 0.3 is 5.97 Å². The number of thiol groups is 1. The first-order valence-electron chi connectivity index (χ1n) is 11.7. The second kappa shape index (κ2) is 16.4.